The van der Waals surface area contributed by atoms with Crippen LogP contribution in [0.1, 0.15) is 19.5 Å². The first-order chi connectivity index (χ1) is 11.1. The van der Waals surface area contributed by atoms with Crippen molar-refractivity contribution in [3.63, 3.8) is 0 Å². The molecule has 1 aromatic rings. The van der Waals surface area contributed by atoms with E-state index in [2.05, 4.69) is 15.5 Å². The van der Waals surface area contributed by atoms with Gasteiger partial charge in [0.05, 0.1) is 6.54 Å². The van der Waals surface area contributed by atoms with Crippen molar-refractivity contribution >= 4 is 44.3 Å². The first kappa shape index (κ1) is 21.8. The predicted octanol–water partition coefficient (Wildman–Crippen LogP) is -4.35. The Hall–Kier alpha value is -1.25. The van der Waals surface area contributed by atoms with E-state index < -0.39 is 34.7 Å². The Morgan fingerprint density at radius 2 is 2.24 bits per heavy atom. The van der Waals surface area contributed by atoms with Gasteiger partial charge in [-0.3, -0.25) is 9.59 Å². The van der Waals surface area contributed by atoms with Crippen LogP contribution in [-0.4, -0.2) is 58.5 Å². The Balaban J connectivity index is 0.00000312. The molecule has 1 atom stereocenters. The first-order valence-corrected chi connectivity index (χ1v) is 8.87. The Kier molecular flexibility index (Phi) is 7.34. The van der Waals surface area contributed by atoms with E-state index in [1.54, 1.807) is 13.8 Å². The van der Waals surface area contributed by atoms with E-state index in [1.165, 1.54) is 5.38 Å². The molecule has 1 fully saturated rings. The van der Waals surface area contributed by atoms with Crippen molar-refractivity contribution in [3.8, 4) is 0 Å². The van der Waals surface area contributed by atoms with Crippen LogP contribution in [0, 0.1) is 0 Å². The fourth-order valence-electron chi connectivity index (χ4n) is 1.69. The Morgan fingerprint density at radius 1 is 1.60 bits per heavy atom. The molecule has 0 aromatic carbocycles. The third-order valence-electron chi connectivity index (χ3n) is 2.80. The normalized spacial score (nSPS) is 17.8. The summed E-state index contributed by atoms with van der Waals surface area (Å²) in [7, 11) is -4.87. The minimum absolute atomic E-state index is 0. The van der Waals surface area contributed by atoms with Crippen LogP contribution in [-0.2, 0) is 24.7 Å². The monoisotopic (exact) mass is 399 g/mol. The number of oxime groups is 1. The van der Waals surface area contributed by atoms with Crippen molar-refractivity contribution in [2.75, 3.05) is 12.3 Å². The van der Waals surface area contributed by atoms with E-state index in [1.807, 2.05) is 0 Å². The van der Waals surface area contributed by atoms with E-state index >= 15 is 0 Å². The van der Waals surface area contributed by atoms with Crippen molar-refractivity contribution in [1.82, 2.24) is 14.6 Å². The van der Waals surface area contributed by atoms with Crippen LogP contribution in [0.15, 0.2) is 10.5 Å². The molecule has 1 aliphatic heterocycles. The molecule has 3 N–H and O–H groups in total. The van der Waals surface area contributed by atoms with Crippen molar-refractivity contribution in [2.45, 2.75) is 26.0 Å². The average Bonchev–Trinajstić information content (AvgIpc) is 2.87. The number of amides is 2. The summed E-state index contributed by atoms with van der Waals surface area (Å²) in [6.07, 6.45) is -0.310. The smallest absolute Gasteiger partial charge is 0.731 e. The fraction of sp³-hybridized carbons (Fsp3) is 0.455. The number of nitrogens with two attached hydrogens (primary N) is 1. The van der Waals surface area contributed by atoms with Gasteiger partial charge in [-0.2, -0.15) is 0 Å². The van der Waals surface area contributed by atoms with Gasteiger partial charge in [0.2, 0.25) is 0 Å². The maximum Gasteiger partial charge on any atom is 1.00 e. The molecule has 0 saturated carbocycles. The molecule has 0 radical (unpaired) electrons. The predicted molar refractivity (Wildman–Crippen MR) is 82.6 cm³/mol. The molecule has 25 heavy (non-hydrogen) atoms. The number of nitrogen functional groups attached to an aromatic ring is 1. The number of hydrogen-bond acceptors (Lipinski definition) is 10. The van der Waals surface area contributed by atoms with Gasteiger partial charge in [0.25, 0.3) is 11.8 Å². The number of carbonyl (C=O) groups excluding carboxylic acids is 2. The zero-order chi connectivity index (χ0) is 18.1. The molecule has 11 nitrogen and oxygen atoms in total. The van der Waals surface area contributed by atoms with Gasteiger partial charge in [0.1, 0.15) is 17.8 Å². The maximum atomic E-state index is 12.3. The number of aromatic nitrogens is 1. The molecule has 2 heterocycles. The summed E-state index contributed by atoms with van der Waals surface area (Å²) in [6.45, 7) is 2.95. The second kappa shape index (κ2) is 8.42. The van der Waals surface area contributed by atoms with E-state index in [9.17, 15) is 22.6 Å². The second-order valence-electron chi connectivity index (χ2n) is 5.02. The maximum absolute atomic E-state index is 12.3. The molecule has 132 valence electrons. The Morgan fingerprint density at radius 3 is 2.68 bits per heavy atom. The summed E-state index contributed by atoms with van der Waals surface area (Å²) < 4.78 is 32.4. The van der Waals surface area contributed by atoms with Crippen LogP contribution in [0.5, 0.6) is 0 Å². The van der Waals surface area contributed by atoms with Gasteiger partial charge in [0.15, 0.2) is 21.1 Å². The summed E-state index contributed by atoms with van der Waals surface area (Å²) in [5.74, 6) is -1.82. The van der Waals surface area contributed by atoms with Gasteiger partial charge < -0.3 is 20.4 Å². The first-order valence-electron chi connectivity index (χ1n) is 6.63. The summed E-state index contributed by atoms with van der Waals surface area (Å²) in [6, 6.07) is -1.14. The van der Waals surface area contributed by atoms with Gasteiger partial charge in [0, 0.05) is 5.38 Å². The minimum atomic E-state index is -4.87. The standard InChI is InChI=1S/C11H15N5O6S2.Na/c1-5(2)22-15-8(7-4-23-11(12)14-7)9(17)13-6-3-16(10(6)18)24(19,20)21;/h4-6H,3H2,1-2H3,(H2,12,14)(H,13,17)(H,19,20,21);/q;+1/p-1. The zero-order valence-electron chi connectivity index (χ0n) is 13.6. The largest absolute Gasteiger partial charge is 1.00 e. The number of β-lactam (4-membered cyclic amide) rings is 1. The molecule has 0 spiro atoms. The number of hydrogen-bond donors (Lipinski definition) is 2. The molecule has 1 aliphatic rings. The van der Waals surface area contributed by atoms with E-state index in [0.29, 0.717) is 0 Å². The molecule has 1 saturated heterocycles. The topological polar surface area (TPSA) is 167 Å². The molecule has 2 amide bonds. The number of anilines is 1. The van der Waals surface area contributed by atoms with Crippen LogP contribution in [0.2, 0.25) is 0 Å². The zero-order valence-corrected chi connectivity index (χ0v) is 17.3. The van der Waals surface area contributed by atoms with Gasteiger partial charge in [-0.25, -0.2) is 17.7 Å². The molecule has 0 bridgehead atoms. The van der Waals surface area contributed by atoms with Crippen LogP contribution in [0.25, 0.3) is 0 Å². The van der Waals surface area contributed by atoms with Crippen molar-refractivity contribution < 1.29 is 57.0 Å². The molecule has 1 unspecified atom stereocenters. The summed E-state index contributed by atoms with van der Waals surface area (Å²) in [5, 5.41) is 7.67. The average molecular weight is 399 g/mol. The van der Waals surface area contributed by atoms with E-state index in [-0.39, 0.29) is 56.5 Å². The minimum Gasteiger partial charge on any atom is -0.731 e. The summed E-state index contributed by atoms with van der Waals surface area (Å²) >= 11 is 1.08. The number of nitrogens with zero attached hydrogens (tertiary/aromatic N) is 3. The molecular formula is C11H14N5NaO6S2. The van der Waals surface area contributed by atoms with Gasteiger partial charge in [-0.15, -0.1) is 11.3 Å². The summed E-state index contributed by atoms with van der Waals surface area (Å²) in [5.41, 5.74) is 5.45. The van der Waals surface area contributed by atoms with Crippen molar-refractivity contribution in [3.05, 3.63) is 11.1 Å². The number of carbonyl (C=O) groups is 2. The van der Waals surface area contributed by atoms with Crippen LogP contribution in [0.3, 0.4) is 0 Å². The van der Waals surface area contributed by atoms with Crippen LogP contribution in [0.4, 0.5) is 5.13 Å². The van der Waals surface area contributed by atoms with Crippen molar-refractivity contribution in [1.29, 1.82) is 0 Å². The van der Waals surface area contributed by atoms with E-state index in [0.717, 1.165) is 11.3 Å². The fourth-order valence-corrected chi connectivity index (χ4v) is 2.92. The van der Waals surface area contributed by atoms with Gasteiger partial charge in [-0.05, 0) is 13.8 Å². The van der Waals surface area contributed by atoms with Crippen LogP contribution >= 0.6 is 11.3 Å². The van der Waals surface area contributed by atoms with Crippen LogP contribution < -0.4 is 40.6 Å². The number of thiazole rings is 1. The number of rotatable bonds is 6. The molecule has 14 heteroatoms. The Bertz CT molecular complexity index is 793. The molecule has 0 aliphatic carbocycles. The van der Waals surface area contributed by atoms with E-state index in [4.69, 9.17) is 10.6 Å². The number of nitrogens with one attached hydrogen (secondary N) is 1. The summed E-state index contributed by atoms with van der Waals surface area (Å²) in [4.78, 5) is 32.8. The van der Waals surface area contributed by atoms with Crippen molar-refractivity contribution in [2.24, 2.45) is 5.16 Å². The SMILES string of the molecule is CC(C)ON=C(C(=O)NC1CN(S(=O)(=O)[O-])C1=O)c1csc(N)n1.[Na+]. The van der Waals surface area contributed by atoms with Gasteiger partial charge in [-0.1, -0.05) is 5.16 Å². The molecular weight excluding hydrogens is 385 g/mol. The third-order valence-corrected chi connectivity index (χ3v) is 4.34. The second-order valence-corrected chi connectivity index (χ2v) is 7.20. The quantitative estimate of drug-likeness (QED) is 0.159. The molecule has 1 aromatic heterocycles. The third kappa shape index (κ3) is 5.36. The molecule has 2 rings (SSSR count). The van der Waals surface area contributed by atoms with Gasteiger partial charge >= 0.3 is 29.6 Å². The Labute approximate surface area is 169 Å².